The fourth-order valence-electron chi connectivity index (χ4n) is 3.08. The molecule has 0 amide bonds. The number of rotatable bonds is 11. The second kappa shape index (κ2) is 12.4. The van der Waals surface area contributed by atoms with Gasteiger partial charge in [-0.15, -0.1) is 0 Å². The Labute approximate surface area is 188 Å². The van der Waals surface area contributed by atoms with E-state index < -0.39 is 5.97 Å². The lowest BCUT2D eigenvalue weighted by molar-refractivity contribution is 0.0734. The SMILES string of the molecule is CCCCCCCOc1ccc(C(=O)Oc2ccc(C=Nc3cccc(F)c3)cc2)cc1. The van der Waals surface area contributed by atoms with E-state index in [1.165, 1.54) is 37.8 Å². The Morgan fingerprint density at radius 3 is 2.34 bits per heavy atom. The van der Waals surface area contributed by atoms with Crippen LogP contribution in [0.15, 0.2) is 77.8 Å². The molecule has 0 N–H and O–H groups in total. The van der Waals surface area contributed by atoms with E-state index in [1.807, 2.05) is 0 Å². The van der Waals surface area contributed by atoms with E-state index in [9.17, 15) is 9.18 Å². The van der Waals surface area contributed by atoms with Gasteiger partial charge in [-0.1, -0.05) is 38.7 Å². The Hall–Kier alpha value is -3.47. The number of aliphatic imine (C=N–C) groups is 1. The van der Waals surface area contributed by atoms with E-state index in [1.54, 1.807) is 66.9 Å². The van der Waals surface area contributed by atoms with Crippen molar-refractivity contribution in [3.05, 3.63) is 89.7 Å². The largest absolute Gasteiger partial charge is 0.494 e. The third-order valence-corrected chi connectivity index (χ3v) is 4.87. The van der Waals surface area contributed by atoms with E-state index in [0.717, 1.165) is 17.7 Å². The lowest BCUT2D eigenvalue weighted by atomic mass is 10.2. The Kier molecular flexibility index (Phi) is 8.99. The molecule has 0 atom stereocenters. The van der Waals surface area contributed by atoms with Gasteiger partial charge < -0.3 is 9.47 Å². The summed E-state index contributed by atoms with van der Waals surface area (Å²) in [5.74, 6) is 0.422. The van der Waals surface area contributed by atoms with Gasteiger partial charge in [-0.05, 0) is 78.7 Å². The minimum absolute atomic E-state index is 0.330. The lowest BCUT2D eigenvalue weighted by Gasteiger charge is -2.08. The predicted octanol–water partition coefficient (Wildman–Crippen LogP) is 7.14. The highest BCUT2D eigenvalue weighted by atomic mass is 19.1. The maximum Gasteiger partial charge on any atom is 0.343 e. The lowest BCUT2D eigenvalue weighted by Crippen LogP contribution is -2.08. The zero-order valence-corrected chi connectivity index (χ0v) is 18.3. The fraction of sp³-hybridized carbons (Fsp3) is 0.259. The molecular weight excluding hydrogens is 405 g/mol. The van der Waals surface area contributed by atoms with Gasteiger partial charge in [-0.25, -0.2) is 9.18 Å². The summed E-state index contributed by atoms with van der Waals surface area (Å²) in [6.45, 7) is 2.88. The quantitative estimate of drug-likeness (QED) is 0.140. The van der Waals surface area contributed by atoms with Crippen molar-refractivity contribution >= 4 is 17.9 Å². The monoisotopic (exact) mass is 433 g/mol. The highest BCUT2D eigenvalue weighted by Crippen LogP contribution is 2.18. The molecule has 0 spiro atoms. The molecule has 0 fully saturated rings. The Balaban J connectivity index is 1.47. The summed E-state index contributed by atoms with van der Waals surface area (Å²) in [6.07, 6.45) is 7.57. The molecule has 0 aliphatic carbocycles. The minimum Gasteiger partial charge on any atom is -0.494 e. The summed E-state index contributed by atoms with van der Waals surface area (Å²) >= 11 is 0. The molecule has 4 nitrogen and oxygen atoms in total. The van der Waals surface area contributed by atoms with Crippen LogP contribution in [-0.4, -0.2) is 18.8 Å². The van der Waals surface area contributed by atoms with Crippen molar-refractivity contribution in [3.63, 3.8) is 0 Å². The highest BCUT2D eigenvalue weighted by molar-refractivity contribution is 5.91. The molecule has 0 aromatic heterocycles. The number of esters is 1. The molecule has 0 heterocycles. The van der Waals surface area contributed by atoms with Crippen LogP contribution in [0.2, 0.25) is 0 Å². The minimum atomic E-state index is -0.433. The Morgan fingerprint density at radius 1 is 0.906 bits per heavy atom. The van der Waals surface area contributed by atoms with Gasteiger partial charge >= 0.3 is 5.97 Å². The number of carbonyl (C=O) groups is 1. The zero-order valence-electron chi connectivity index (χ0n) is 18.3. The molecule has 0 aliphatic rings. The average Bonchev–Trinajstić information content (AvgIpc) is 2.81. The normalized spacial score (nSPS) is 10.9. The third kappa shape index (κ3) is 7.65. The van der Waals surface area contributed by atoms with Gasteiger partial charge in [0, 0.05) is 6.21 Å². The fourth-order valence-corrected chi connectivity index (χ4v) is 3.08. The van der Waals surface area contributed by atoms with E-state index in [-0.39, 0.29) is 5.82 Å². The first-order valence-electron chi connectivity index (χ1n) is 11.0. The Bertz CT molecular complexity index is 1010. The molecule has 0 saturated carbocycles. The van der Waals surface area contributed by atoms with E-state index in [0.29, 0.717) is 23.6 Å². The van der Waals surface area contributed by atoms with E-state index >= 15 is 0 Å². The standard InChI is InChI=1S/C27H28FNO3/c1-2-3-4-5-6-18-31-25-16-12-22(13-17-25)27(30)32-26-14-10-21(11-15-26)20-29-24-9-7-8-23(28)19-24/h7-17,19-20H,2-6,18H2,1H3. The van der Waals surface area contributed by atoms with Gasteiger partial charge in [0.05, 0.1) is 17.9 Å². The molecule has 32 heavy (non-hydrogen) atoms. The van der Waals surface area contributed by atoms with Crippen LogP contribution in [0.1, 0.15) is 54.9 Å². The smallest absolute Gasteiger partial charge is 0.343 e. The number of hydrogen-bond acceptors (Lipinski definition) is 4. The van der Waals surface area contributed by atoms with Gasteiger partial charge in [0.15, 0.2) is 0 Å². The van der Waals surface area contributed by atoms with Crippen LogP contribution in [0.4, 0.5) is 10.1 Å². The summed E-state index contributed by atoms with van der Waals surface area (Å²) in [5.41, 5.74) is 1.80. The van der Waals surface area contributed by atoms with Crippen LogP contribution in [0.5, 0.6) is 11.5 Å². The van der Waals surface area contributed by atoms with Crippen LogP contribution in [-0.2, 0) is 0 Å². The third-order valence-electron chi connectivity index (χ3n) is 4.87. The van der Waals surface area contributed by atoms with Crippen LogP contribution < -0.4 is 9.47 Å². The second-order valence-corrected chi connectivity index (χ2v) is 7.48. The molecular formula is C27H28FNO3. The first kappa shape index (κ1) is 23.2. The molecule has 3 aromatic rings. The number of unbranched alkanes of at least 4 members (excludes halogenated alkanes) is 4. The number of halogens is 1. The van der Waals surface area contributed by atoms with E-state index in [4.69, 9.17) is 9.47 Å². The summed E-state index contributed by atoms with van der Waals surface area (Å²) < 4.78 is 24.4. The van der Waals surface area contributed by atoms with Gasteiger partial charge in [-0.3, -0.25) is 4.99 Å². The van der Waals surface area contributed by atoms with Crippen molar-refractivity contribution in [1.29, 1.82) is 0 Å². The van der Waals surface area contributed by atoms with Crippen LogP contribution in [0.25, 0.3) is 0 Å². The van der Waals surface area contributed by atoms with Gasteiger partial charge in [-0.2, -0.15) is 0 Å². The number of hydrogen-bond donors (Lipinski definition) is 0. The molecule has 0 radical (unpaired) electrons. The van der Waals surface area contributed by atoms with Crippen molar-refractivity contribution in [2.75, 3.05) is 6.61 Å². The highest BCUT2D eigenvalue weighted by Gasteiger charge is 2.09. The summed E-state index contributed by atoms with van der Waals surface area (Å²) in [7, 11) is 0. The molecule has 0 bridgehead atoms. The van der Waals surface area contributed by atoms with Gasteiger partial charge in [0.1, 0.15) is 17.3 Å². The number of ether oxygens (including phenoxy) is 2. The first-order chi connectivity index (χ1) is 15.6. The second-order valence-electron chi connectivity index (χ2n) is 7.48. The van der Waals surface area contributed by atoms with Crippen LogP contribution in [0.3, 0.4) is 0 Å². The number of carbonyl (C=O) groups excluding carboxylic acids is 1. The van der Waals surface area contributed by atoms with Gasteiger partial charge in [0.2, 0.25) is 0 Å². The molecule has 3 rings (SSSR count). The Morgan fingerprint density at radius 2 is 1.62 bits per heavy atom. The van der Waals surface area contributed by atoms with Crippen LogP contribution in [0, 0.1) is 5.82 Å². The maximum atomic E-state index is 13.2. The van der Waals surface area contributed by atoms with Crippen molar-refractivity contribution in [3.8, 4) is 11.5 Å². The summed E-state index contributed by atoms with van der Waals surface area (Å²) in [6, 6.07) is 20.0. The van der Waals surface area contributed by atoms with Crippen molar-refractivity contribution in [1.82, 2.24) is 0 Å². The predicted molar refractivity (Wildman–Crippen MR) is 126 cm³/mol. The zero-order chi connectivity index (χ0) is 22.6. The number of nitrogens with zero attached hydrogens (tertiary/aromatic N) is 1. The van der Waals surface area contributed by atoms with Crippen molar-refractivity contribution in [2.45, 2.75) is 39.0 Å². The summed E-state index contributed by atoms with van der Waals surface area (Å²) in [5, 5.41) is 0. The first-order valence-corrected chi connectivity index (χ1v) is 11.0. The maximum absolute atomic E-state index is 13.2. The summed E-state index contributed by atoms with van der Waals surface area (Å²) in [4.78, 5) is 16.6. The molecule has 0 saturated heterocycles. The molecule has 166 valence electrons. The topological polar surface area (TPSA) is 47.9 Å². The van der Waals surface area contributed by atoms with E-state index in [2.05, 4.69) is 11.9 Å². The van der Waals surface area contributed by atoms with Crippen molar-refractivity contribution < 1.29 is 18.7 Å². The van der Waals surface area contributed by atoms with Gasteiger partial charge in [0.25, 0.3) is 0 Å². The molecule has 3 aromatic carbocycles. The average molecular weight is 434 g/mol. The van der Waals surface area contributed by atoms with Crippen molar-refractivity contribution in [2.24, 2.45) is 4.99 Å². The molecule has 5 heteroatoms. The molecule has 0 aliphatic heterocycles. The number of benzene rings is 3. The van der Waals surface area contributed by atoms with Crippen LogP contribution >= 0.6 is 0 Å². The molecule has 0 unspecified atom stereocenters.